The molecule has 0 spiro atoms. The van der Waals surface area contributed by atoms with Crippen molar-refractivity contribution >= 4 is 38.6 Å². The fraction of sp³-hybridized carbons (Fsp3) is 0.0600. The van der Waals surface area contributed by atoms with E-state index in [1.165, 1.54) is 60.5 Å². The van der Waals surface area contributed by atoms with Gasteiger partial charge < -0.3 is 5.32 Å². The summed E-state index contributed by atoms with van der Waals surface area (Å²) in [5.41, 5.74) is 12.0. The Hall–Kier alpha value is -6.59. The predicted molar refractivity (Wildman–Crippen MR) is 223 cm³/mol. The first kappa shape index (κ1) is 32.1. The van der Waals surface area contributed by atoms with Crippen molar-refractivity contribution in [3.05, 3.63) is 228 Å². The van der Waals surface area contributed by atoms with Crippen LogP contribution in [0.25, 0.3) is 38.2 Å². The van der Waals surface area contributed by atoms with Crippen LogP contribution in [0.3, 0.4) is 0 Å². The molecule has 0 amide bonds. The van der Waals surface area contributed by atoms with Crippen LogP contribution in [0.5, 0.6) is 0 Å². The zero-order valence-electron chi connectivity index (χ0n) is 29.7. The molecule has 4 heteroatoms. The highest BCUT2D eigenvalue weighted by Crippen LogP contribution is 2.46. The van der Waals surface area contributed by atoms with Crippen LogP contribution in [0, 0.1) is 0 Å². The van der Waals surface area contributed by atoms with Gasteiger partial charge in [-0.25, -0.2) is 10.3 Å². The number of anilines is 1. The van der Waals surface area contributed by atoms with E-state index in [2.05, 4.69) is 210 Å². The van der Waals surface area contributed by atoms with Gasteiger partial charge in [-0.1, -0.05) is 164 Å². The van der Waals surface area contributed by atoms with Crippen LogP contribution in [0.15, 0.2) is 199 Å². The van der Waals surface area contributed by atoms with Crippen molar-refractivity contribution in [3.8, 4) is 11.1 Å². The third-order valence-electron chi connectivity index (χ3n) is 10.9. The molecule has 0 aromatic heterocycles. The first-order chi connectivity index (χ1) is 26.7. The lowest BCUT2D eigenvalue weighted by Gasteiger charge is -2.30. The molecule has 8 aromatic rings. The molecule has 0 aliphatic carbocycles. The van der Waals surface area contributed by atoms with E-state index in [9.17, 15) is 0 Å². The Labute approximate surface area is 315 Å². The van der Waals surface area contributed by atoms with E-state index in [0.717, 1.165) is 22.6 Å². The quantitative estimate of drug-likeness (QED) is 0.162. The lowest BCUT2D eigenvalue weighted by Crippen LogP contribution is -2.93. The standard InChI is InChI=1S/C50H38N4/c1-4-15-35(16-5-1)45-32-44(40-29-24-33-14-10-11-21-39(33)30-40)47-42-23-13-12-22-41(42)43(31-46(47)51-45)34-25-27-38(28-26-34)50-53-48(36-17-6-2-7-18-36)52-49(54-50)37-19-8-3-9-20-37/h1-32,45,48,50-51,53H,(H,52,54)/p+1. The van der Waals surface area contributed by atoms with Crippen LogP contribution in [-0.2, 0) is 0 Å². The maximum Gasteiger partial charge on any atom is 0.230 e. The summed E-state index contributed by atoms with van der Waals surface area (Å²) in [6.07, 6.45) is 2.26. The maximum absolute atomic E-state index is 5.23. The van der Waals surface area contributed by atoms with Gasteiger partial charge in [0.1, 0.15) is 6.17 Å². The van der Waals surface area contributed by atoms with Crippen molar-refractivity contribution in [1.82, 2.24) is 5.32 Å². The molecule has 0 saturated heterocycles. The number of fused-ring (bicyclic) bond motifs is 4. The Morgan fingerprint density at radius 2 is 1.11 bits per heavy atom. The summed E-state index contributed by atoms with van der Waals surface area (Å²) in [4.78, 5) is 5.23. The van der Waals surface area contributed by atoms with E-state index >= 15 is 0 Å². The molecule has 0 fully saturated rings. The number of aliphatic imine (C=N–C) groups is 1. The van der Waals surface area contributed by atoms with Crippen LogP contribution in [0.2, 0.25) is 0 Å². The highest BCUT2D eigenvalue weighted by Gasteiger charge is 2.30. The molecule has 8 aromatic carbocycles. The number of nitrogens with one attached hydrogen (secondary N) is 2. The molecule has 258 valence electrons. The van der Waals surface area contributed by atoms with Crippen LogP contribution < -0.4 is 16.0 Å². The Bertz CT molecular complexity index is 2680. The molecule has 0 saturated carbocycles. The maximum atomic E-state index is 5.23. The van der Waals surface area contributed by atoms with Gasteiger partial charge in [0, 0.05) is 16.8 Å². The molecule has 0 bridgehead atoms. The number of amidine groups is 1. The predicted octanol–water partition coefficient (Wildman–Crippen LogP) is 10.6. The summed E-state index contributed by atoms with van der Waals surface area (Å²) in [5.74, 6) is 1.01. The smallest absolute Gasteiger partial charge is 0.230 e. The van der Waals surface area contributed by atoms with Gasteiger partial charge in [-0.2, -0.15) is 0 Å². The third kappa shape index (κ3) is 5.98. The Morgan fingerprint density at radius 1 is 0.481 bits per heavy atom. The number of rotatable bonds is 6. The molecule has 10 rings (SSSR count). The van der Waals surface area contributed by atoms with E-state index in [1.807, 2.05) is 0 Å². The van der Waals surface area contributed by atoms with Gasteiger partial charge in [-0.15, -0.1) is 0 Å². The van der Waals surface area contributed by atoms with Gasteiger partial charge in [0.2, 0.25) is 5.84 Å². The van der Waals surface area contributed by atoms with Crippen molar-refractivity contribution in [3.63, 3.8) is 0 Å². The van der Waals surface area contributed by atoms with Gasteiger partial charge in [-0.05, 0) is 85.3 Å². The topological polar surface area (TPSA) is 53.0 Å². The fourth-order valence-electron chi connectivity index (χ4n) is 8.16. The largest absolute Gasteiger partial charge is 0.374 e. The number of hydrogen-bond donors (Lipinski definition) is 3. The van der Waals surface area contributed by atoms with E-state index in [4.69, 9.17) is 4.99 Å². The first-order valence-corrected chi connectivity index (χ1v) is 18.7. The Kier molecular flexibility index (Phi) is 8.17. The minimum Gasteiger partial charge on any atom is -0.374 e. The van der Waals surface area contributed by atoms with Crippen LogP contribution in [0.1, 0.15) is 51.8 Å². The Balaban J connectivity index is 1.07. The summed E-state index contributed by atoms with van der Waals surface area (Å²) >= 11 is 0. The second-order valence-electron chi connectivity index (χ2n) is 14.2. The first-order valence-electron chi connectivity index (χ1n) is 18.7. The van der Waals surface area contributed by atoms with E-state index in [-0.39, 0.29) is 18.4 Å². The molecule has 2 aliphatic rings. The average Bonchev–Trinajstić information content (AvgIpc) is 3.26. The molecule has 4 nitrogen and oxygen atoms in total. The van der Waals surface area contributed by atoms with Crippen molar-refractivity contribution < 1.29 is 5.32 Å². The van der Waals surface area contributed by atoms with Gasteiger partial charge in [0.25, 0.3) is 0 Å². The second kappa shape index (κ2) is 13.8. The molecule has 4 N–H and O–H groups in total. The molecule has 54 heavy (non-hydrogen) atoms. The number of nitrogens with two attached hydrogens (primary N) is 1. The monoisotopic (exact) mass is 695 g/mol. The van der Waals surface area contributed by atoms with Gasteiger partial charge in [0.15, 0.2) is 6.17 Å². The molecule has 0 radical (unpaired) electrons. The second-order valence-corrected chi connectivity index (χ2v) is 14.2. The summed E-state index contributed by atoms with van der Waals surface area (Å²) in [7, 11) is 0. The summed E-state index contributed by atoms with van der Waals surface area (Å²) in [5, 5.41) is 15.0. The zero-order valence-corrected chi connectivity index (χ0v) is 29.7. The third-order valence-corrected chi connectivity index (χ3v) is 10.9. The van der Waals surface area contributed by atoms with Crippen molar-refractivity contribution in [2.24, 2.45) is 4.99 Å². The van der Waals surface area contributed by atoms with Crippen molar-refractivity contribution in [2.75, 3.05) is 5.32 Å². The number of nitrogens with zero attached hydrogens (tertiary/aromatic N) is 1. The average molecular weight is 696 g/mol. The minimum absolute atomic E-state index is 0.0278. The molecule has 3 atom stereocenters. The molecule has 3 unspecified atom stereocenters. The van der Waals surface area contributed by atoms with Crippen molar-refractivity contribution in [1.29, 1.82) is 0 Å². The number of quaternary nitrogens is 1. The summed E-state index contributed by atoms with van der Waals surface area (Å²) in [6.45, 7) is 0. The lowest BCUT2D eigenvalue weighted by molar-refractivity contribution is -0.600. The van der Waals surface area contributed by atoms with E-state index < -0.39 is 0 Å². The summed E-state index contributed by atoms with van der Waals surface area (Å²) < 4.78 is 0. The van der Waals surface area contributed by atoms with Crippen LogP contribution >= 0.6 is 0 Å². The van der Waals surface area contributed by atoms with Gasteiger partial charge >= 0.3 is 0 Å². The zero-order chi connectivity index (χ0) is 35.8. The fourth-order valence-corrected chi connectivity index (χ4v) is 8.16. The van der Waals surface area contributed by atoms with E-state index in [0.29, 0.717) is 0 Å². The number of hydrogen-bond acceptors (Lipinski definition) is 3. The van der Waals surface area contributed by atoms with Gasteiger partial charge in [-0.3, -0.25) is 5.32 Å². The highest BCUT2D eigenvalue weighted by molar-refractivity contribution is 6.10. The highest BCUT2D eigenvalue weighted by atomic mass is 15.3. The van der Waals surface area contributed by atoms with Crippen LogP contribution in [-0.4, -0.2) is 5.84 Å². The summed E-state index contributed by atoms with van der Waals surface area (Å²) in [6, 6.07) is 67.6. The molecular formula is C50H39N4+. The minimum atomic E-state index is -0.187. The molecular weight excluding hydrogens is 657 g/mol. The van der Waals surface area contributed by atoms with Gasteiger partial charge in [0.05, 0.1) is 11.6 Å². The van der Waals surface area contributed by atoms with E-state index in [1.54, 1.807) is 0 Å². The lowest BCUT2D eigenvalue weighted by atomic mass is 9.83. The van der Waals surface area contributed by atoms with Crippen LogP contribution in [0.4, 0.5) is 5.69 Å². The Morgan fingerprint density at radius 3 is 1.87 bits per heavy atom. The van der Waals surface area contributed by atoms with Crippen molar-refractivity contribution in [2.45, 2.75) is 18.4 Å². The number of benzene rings is 8. The molecule has 2 aliphatic heterocycles. The SMILES string of the molecule is C1=C(c2ccc3ccccc3c2)c2c(cc(-c3ccc(C4N=C(c5ccccc5)[NH2+]C(c5ccccc5)N4)cc3)c3ccccc23)NC1c1ccccc1. The molecule has 2 heterocycles. The normalized spacial score (nSPS) is 18.0.